The fourth-order valence-electron chi connectivity index (χ4n) is 10.2. The Morgan fingerprint density at radius 2 is 1.12 bits per heavy atom. The van der Waals surface area contributed by atoms with Gasteiger partial charge in [-0.3, -0.25) is 0 Å². The number of nitrogens with zero attached hydrogens (tertiary/aromatic N) is 1. The largest absolute Gasteiger partial charge is 0.310 e. The molecule has 3 saturated carbocycles. The van der Waals surface area contributed by atoms with Crippen LogP contribution in [0.2, 0.25) is 0 Å². The highest BCUT2D eigenvalue weighted by molar-refractivity contribution is 5.89. The summed E-state index contributed by atoms with van der Waals surface area (Å²) in [6, 6.07) is 29.2. The minimum Gasteiger partial charge on any atom is -0.310 e. The number of rotatable bonds is 8. The summed E-state index contributed by atoms with van der Waals surface area (Å²) >= 11 is 0. The number of hydrogen-bond acceptors (Lipinski definition) is 1. The summed E-state index contributed by atoms with van der Waals surface area (Å²) in [7, 11) is 0. The first-order valence-corrected chi connectivity index (χ1v) is 16.7. The van der Waals surface area contributed by atoms with Gasteiger partial charge in [0, 0.05) is 27.9 Å². The Hall–Kier alpha value is -3.32. The number of unbranched alkanes of at least 4 members (excludes halogenated alkanes) is 1. The lowest BCUT2D eigenvalue weighted by atomic mass is 9.66. The topological polar surface area (TPSA) is 3.24 Å². The second kappa shape index (κ2) is 9.09. The summed E-state index contributed by atoms with van der Waals surface area (Å²) < 4.78 is 0. The third kappa shape index (κ3) is 3.05. The van der Waals surface area contributed by atoms with E-state index in [9.17, 15) is 0 Å². The van der Waals surface area contributed by atoms with Gasteiger partial charge in [0.1, 0.15) is 0 Å². The number of aryl methyl sites for hydroxylation is 5. The predicted octanol–water partition coefficient (Wildman–Crippen LogP) is 11.0. The summed E-state index contributed by atoms with van der Waals surface area (Å²) in [4.78, 5) is 2.54. The molecule has 1 unspecified atom stereocenters. The summed E-state index contributed by atoms with van der Waals surface area (Å²) in [6.07, 6.45) is 11.4. The minimum atomic E-state index is 0.358. The Morgan fingerprint density at radius 3 is 1.64 bits per heavy atom. The third-order valence-electron chi connectivity index (χ3n) is 12.5. The van der Waals surface area contributed by atoms with Crippen LogP contribution < -0.4 is 4.90 Å². The van der Waals surface area contributed by atoms with Crippen LogP contribution in [-0.4, -0.2) is 0 Å². The van der Waals surface area contributed by atoms with Crippen LogP contribution in [0.5, 0.6) is 0 Å². The van der Waals surface area contributed by atoms with Crippen LogP contribution in [0.1, 0.15) is 98.2 Å². The lowest BCUT2D eigenvalue weighted by Gasteiger charge is -2.37. The van der Waals surface area contributed by atoms with Gasteiger partial charge in [0.15, 0.2) is 0 Å². The van der Waals surface area contributed by atoms with Crippen LogP contribution in [-0.2, 0) is 30.1 Å². The fourth-order valence-corrected chi connectivity index (χ4v) is 10.2. The van der Waals surface area contributed by atoms with E-state index in [1.165, 1.54) is 95.4 Å². The van der Waals surface area contributed by atoms with Crippen LogP contribution in [0.4, 0.5) is 17.1 Å². The zero-order chi connectivity index (χ0) is 28.9. The van der Waals surface area contributed by atoms with E-state index in [1.807, 2.05) is 0 Å². The molecular weight excluding hydrogens is 506 g/mol. The Kier molecular flexibility index (Phi) is 5.70. The molecule has 0 heterocycles. The lowest BCUT2D eigenvalue weighted by molar-refractivity contribution is 0.183. The molecule has 4 aliphatic rings. The van der Waals surface area contributed by atoms with Crippen LogP contribution >= 0.6 is 0 Å². The standard InChI is InChI=1S/C41H45N/c1-6-9-10-29-13-17-35-36-18-16-34(26-38(36)41-22-20-39(41)19-21-40(39,41)37(35)23-29)42(32-14-11-27(4)30(7-2)24-32)33-15-12-28(5)31(8-3)25-33/h11-18,23-26H,6-10,19-22H2,1-5H3/t39?,40-,41+/m0/s1. The molecule has 214 valence electrons. The maximum Gasteiger partial charge on any atom is 0.0465 e. The molecule has 3 atom stereocenters. The first-order chi connectivity index (χ1) is 20.4. The molecule has 4 aromatic carbocycles. The first kappa shape index (κ1) is 26.3. The van der Waals surface area contributed by atoms with Crippen molar-refractivity contribution in [2.45, 2.75) is 103 Å². The van der Waals surface area contributed by atoms with Crippen LogP contribution in [0.3, 0.4) is 0 Å². The summed E-state index contributed by atoms with van der Waals surface area (Å²) in [5, 5.41) is 0. The molecule has 0 N–H and O–H groups in total. The number of hydrogen-bond donors (Lipinski definition) is 0. The van der Waals surface area contributed by atoms with Gasteiger partial charge in [-0.15, -0.1) is 0 Å². The molecule has 3 spiro atoms. The molecule has 42 heavy (non-hydrogen) atoms. The average molecular weight is 552 g/mol. The molecule has 1 nitrogen and oxygen atoms in total. The maximum absolute atomic E-state index is 2.65. The molecule has 4 aromatic rings. The van der Waals surface area contributed by atoms with E-state index in [0.29, 0.717) is 16.2 Å². The van der Waals surface area contributed by atoms with Gasteiger partial charge in [-0.25, -0.2) is 0 Å². The second-order valence-electron chi connectivity index (χ2n) is 13.9. The van der Waals surface area contributed by atoms with Gasteiger partial charge in [-0.05, 0) is 157 Å². The van der Waals surface area contributed by atoms with E-state index in [4.69, 9.17) is 0 Å². The number of anilines is 3. The normalized spacial score (nSPS) is 25.6. The van der Waals surface area contributed by atoms with Crippen molar-refractivity contribution in [3.63, 3.8) is 0 Å². The molecule has 0 aliphatic heterocycles. The van der Waals surface area contributed by atoms with Crippen molar-refractivity contribution < 1.29 is 0 Å². The molecule has 0 aromatic heterocycles. The minimum absolute atomic E-state index is 0.358. The van der Waals surface area contributed by atoms with Crippen molar-refractivity contribution in [1.29, 1.82) is 0 Å². The zero-order valence-corrected chi connectivity index (χ0v) is 26.2. The van der Waals surface area contributed by atoms with Gasteiger partial charge in [0.05, 0.1) is 0 Å². The molecule has 3 fully saturated rings. The molecular formula is C41H45N. The highest BCUT2D eigenvalue weighted by atomic mass is 15.1. The number of fused-ring (bicyclic) bond motifs is 3. The summed E-state index contributed by atoms with van der Waals surface area (Å²) in [5.41, 5.74) is 18.7. The van der Waals surface area contributed by atoms with Gasteiger partial charge in [0.2, 0.25) is 0 Å². The van der Waals surface area contributed by atoms with Crippen molar-refractivity contribution in [3.05, 3.63) is 112 Å². The smallest absolute Gasteiger partial charge is 0.0465 e. The molecule has 8 rings (SSSR count). The Labute approximate surface area is 253 Å². The van der Waals surface area contributed by atoms with E-state index >= 15 is 0 Å². The second-order valence-corrected chi connectivity index (χ2v) is 13.9. The van der Waals surface area contributed by atoms with Crippen LogP contribution in [0, 0.1) is 19.3 Å². The van der Waals surface area contributed by atoms with Crippen molar-refractivity contribution in [1.82, 2.24) is 0 Å². The lowest BCUT2D eigenvalue weighted by Crippen LogP contribution is -2.30. The van der Waals surface area contributed by atoms with E-state index in [2.05, 4.69) is 112 Å². The Bertz CT molecular complexity index is 1690. The summed E-state index contributed by atoms with van der Waals surface area (Å²) in [6.45, 7) is 11.4. The first-order valence-electron chi connectivity index (χ1n) is 16.7. The van der Waals surface area contributed by atoms with Crippen molar-refractivity contribution in [2.75, 3.05) is 4.90 Å². The molecule has 4 aliphatic carbocycles. The van der Waals surface area contributed by atoms with E-state index in [0.717, 1.165) is 12.8 Å². The van der Waals surface area contributed by atoms with Gasteiger partial charge in [-0.1, -0.05) is 63.6 Å². The zero-order valence-electron chi connectivity index (χ0n) is 26.2. The maximum atomic E-state index is 2.65. The molecule has 0 saturated heterocycles. The van der Waals surface area contributed by atoms with E-state index < -0.39 is 0 Å². The molecule has 0 radical (unpaired) electrons. The van der Waals surface area contributed by atoms with Crippen molar-refractivity contribution >= 4 is 17.1 Å². The SMILES string of the molecule is CCCCc1ccc2c(c1)[C@@]13CCC14CC[C@@]43c1cc(N(c3ccc(C)c(CC)c3)c3ccc(C)c(CC)c3)ccc1-2. The van der Waals surface area contributed by atoms with Crippen molar-refractivity contribution in [3.8, 4) is 11.1 Å². The van der Waals surface area contributed by atoms with Gasteiger partial charge in [-0.2, -0.15) is 0 Å². The highest BCUT2D eigenvalue weighted by Gasteiger charge is 2.96. The quantitative estimate of drug-likeness (QED) is 0.210. The van der Waals surface area contributed by atoms with E-state index in [1.54, 1.807) is 16.7 Å². The van der Waals surface area contributed by atoms with Crippen LogP contribution in [0.15, 0.2) is 72.8 Å². The summed E-state index contributed by atoms with van der Waals surface area (Å²) in [5.74, 6) is 0. The number of benzene rings is 4. The van der Waals surface area contributed by atoms with Crippen LogP contribution in [0.25, 0.3) is 11.1 Å². The Morgan fingerprint density at radius 1 is 0.595 bits per heavy atom. The molecule has 0 amide bonds. The average Bonchev–Trinajstić information content (AvgIpc) is 3.26. The van der Waals surface area contributed by atoms with Gasteiger partial charge in [0.25, 0.3) is 0 Å². The highest BCUT2D eigenvalue weighted by Crippen LogP contribution is 2.99. The third-order valence-corrected chi connectivity index (χ3v) is 12.5. The van der Waals surface area contributed by atoms with Crippen molar-refractivity contribution in [2.24, 2.45) is 5.41 Å². The molecule has 1 heteroatoms. The predicted molar refractivity (Wildman–Crippen MR) is 178 cm³/mol. The van der Waals surface area contributed by atoms with E-state index in [-0.39, 0.29) is 0 Å². The monoisotopic (exact) mass is 551 g/mol. The Balaban J connectivity index is 1.32. The molecule has 0 bridgehead atoms. The fraction of sp³-hybridized carbons (Fsp3) is 0.415. The van der Waals surface area contributed by atoms with Gasteiger partial charge < -0.3 is 4.90 Å². The van der Waals surface area contributed by atoms with Gasteiger partial charge >= 0.3 is 0 Å².